The van der Waals surface area contributed by atoms with Gasteiger partial charge in [-0.2, -0.15) is 0 Å². The standard InChI is InChI=1S/C20H27N3O2.HI/c1-21-20(23-15-19-8-4-12-25-19)22-11-5-13-24-18-10-9-16-6-2-3-7-17(16)14-18;/h2-3,6-7,9-10,14,19H,4-5,8,11-13,15H2,1H3,(H2,21,22,23);1H. The predicted octanol–water partition coefficient (Wildman–Crippen LogP) is 3.57. The Labute approximate surface area is 172 Å². The summed E-state index contributed by atoms with van der Waals surface area (Å²) < 4.78 is 11.5. The Morgan fingerprint density at radius 1 is 1.19 bits per heavy atom. The van der Waals surface area contributed by atoms with Gasteiger partial charge >= 0.3 is 0 Å². The Balaban J connectivity index is 0.00000243. The minimum atomic E-state index is 0. The molecule has 1 atom stereocenters. The van der Waals surface area contributed by atoms with Crippen molar-refractivity contribution in [1.29, 1.82) is 0 Å². The number of ether oxygens (including phenoxy) is 2. The molecular weight excluding hydrogens is 441 g/mol. The molecule has 1 aliphatic heterocycles. The van der Waals surface area contributed by atoms with Crippen LogP contribution in [0.4, 0.5) is 0 Å². The first-order valence-corrected chi connectivity index (χ1v) is 9.03. The van der Waals surface area contributed by atoms with E-state index in [1.165, 1.54) is 10.8 Å². The summed E-state index contributed by atoms with van der Waals surface area (Å²) in [4.78, 5) is 4.24. The van der Waals surface area contributed by atoms with Crippen LogP contribution in [-0.4, -0.2) is 45.4 Å². The molecule has 1 unspecified atom stereocenters. The van der Waals surface area contributed by atoms with Crippen molar-refractivity contribution in [3.05, 3.63) is 42.5 Å². The van der Waals surface area contributed by atoms with Gasteiger partial charge < -0.3 is 20.1 Å². The molecule has 142 valence electrons. The maximum atomic E-state index is 5.85. The summed E-state index contributed by atoms with van der Waals surface area (Å²) in [6, 6.07) is 14.5. The van der Waals surface area contributed by atoms with Crippen LogP contribution in [-0.2, 0) is 4.74 Å². The monoisotopic (exact) mass is 469 g/mol. The number of nitrogens with zero attached hydrogens (tertiary/aromatic N) is 1. The van der Waals surface area contributed by atoms with E-state index in [0.717, 1.165) is 50.7 Å². The van der Waals surface area contributed by atoms with Crippen LogP contribution in [0.5, 0.6) is 5.75 Å². The molecule has 0 amide bonds. The highest BCUT2D eigenvalue weighted by Crippen LogP contribution is 2.20. The SMILES string of the molecule is CN=C(NCCCOc1ccc2ccccc2c1)NCC1CCCO1.I. The Morgan fingerprint density at radius 2 is 2.04 bits per heavy atom. The first kappa shape index (κ1) is 20.8. The van der Waals surface area contributed by atoms with Crippen LogP contribution in [0.25, 0.3) is 10.8 Å². The summed E-state index contributed by atoms with van der Waals surface area (Å²) in [5, 5.41) is 9.07. The van der Waals surface area contributed by atoms with Gasteiger partial charge in [-0.1, -0.05) is 30.3 Å². The summed E-state index contributed by atoms with van der Waals surface area (Å²) in [6.45, 7) is 3.19. The Kier molecular flexibility index (Phi) is 8.97. The third-order valence-electron chi connectivity index (χ3n) is 4.35. The molecular formula is C20H28IN3O2. The Morgan fingerprint density at radius 3 is 2.81 bits per heavy atom. The first-order chi connectivity index (χ1) is 12.3. The van der Waals surface area contributed by atoms with Crippen molar-refractivity contribution in [1.82, 2.24) is 10.6 Å². The van der Waals surface area contributed by atoms with E-state index < -0.39 is 0 Å². The van der Waals surface area contributed by atoms with Gasteiger partial charge in [-0.05, 0) is 42.2 Å². The van der Waals surface area contributed by atoms with Crippen LogP contribution in [0.2, 0.25) is 0 Å². The quantitative estimate of drug-likeness (QED) is 0.282. The van der Waals surface area contributed by atoms with Gasteiger partial charge in [0.25, 0.3) is 0 Å². The molecule has 0 aromatic heterocycles. The van der Waals surface area contributed by atoms with Gasteiger partial charge in [0, 0.05) is 26.7 Å². The molecule has 0 spiro atoms. The zero-order valence-corrected chi connectivity index (χ0v) is 17.6. The van der Waals surface area contributed by atoms with E-state index in [-0.39, 0.29) is 24.0 Å². The van der Waals surface area contributed by atoms with Crippen molar-refractivity contribution >= 4 is 40.7 Å². The van der Waals surface area contributed by atoms with Gasteiger partial charge in [0.2, 0.25) is 0 Å². The molecule has 26 heavy (non-hydrogen) atoms. The number of hydrogen-bond acceptors (Lipinski definition) is 3. The fraction of sp³-hybridized carbons (Fsp3) is 0.450. The number of benzene rings is 2. The molecule has 2 aromatic rings. The maximum absolute atomic E-state index is 5.85. The molecule has 2 N–H and O–H groups in total. The van der Waals surface area contributed by atoms with Crippen molar-refractivity contribution in [3.63, 3.8) is 0 Å². The smallest absolute Gasteiger partial charge is 0.191 e. The Bertz CT molecular complexity index is 702. The molecule has 0 aliphatic carbocycles. The summed E-state index contributed by atoms with van der Waals surface area (Å²) in [7, 11) is 1.79. The molecule has 1 saturated heterocycles. The molecule has 2 aromatic carbocycles. The summed E-state index contributed by atoms with van der Waals surface area (Å²) in [5.74, 6) is 1.74. The van der Waals surface area contributed by atoms with E-state index in [0.29, 0.717) is 12.7 Å². The topological polar surface area (TPSA) is 54.9 Å². The number of halogens is 1. The first-order valence-electron chi connectivity index (χ1n) is 9.03. The summed E-state index contributed by atoms with van der Waals surface area (Å²) in [6.07, 6.45) is 3.51. The van der Waals surface area contributed by atoms with E-state index in [4.69, 9.17) is 9.47 Å². The van der Waals surface area contributed by atoms with Gasteiger partial charge in [0.1, 0.15) is 5.75 Å². The van der Waals surface area contributed by atoms with E-state index >= 15 is 0 Å². The molecule has 6 heteroatoms. The third-order valence-corrected chi connectivity index (χ3v) is 4.35. The summed E-state index contributed by atoms with van der Waals surface area (Å²) >= 11 is 0. The fourth-order valence-electron chi connectivity index (χ4n) is 2.96. The second-order valence-electron chi connectivity index (χ2n) is 6.23. The van der Waals surface area contributed by atoms with Crippen LogP contribution >= 0.6 is 24.0 Å². The predicted molar refractivity (Wildman–Crippen MR) is 118 cm³/mol. The van der Waals surface area contributed by atoms with Gasteiger partial charge in [-0.25, -0.2) is 0 Å². The average molecular weight is 469 g/mol. The van der Waals surface area contributed by atoms with Gasteiger partial charge in [0.05, 0.1) is 12.7 Å². The van der Waals surface area contributed by atoms with E-state index in [9.17, 15) is 0 Å². The molecule has 3 rings (SSSR count). The van der Waals surface area contributed by atoms with Crippen molar-refractivity contribution < 1.29 is 9.47 Å². The van der Waals surface area contributed by atoms with Crippen LogP contribution in [0.15, 0.2) is 47.5 Å². The zero-order chi connectivity index (χ0) is 17.3. The Hall–Kier alpha value is -1.54. The molecule has 5 nitrogen and oxygen atoms in total. The lowest BCUT2D eigenvalue weighted by Gasteiger charge is -2.15. The van der Waals surface area contributed by atoms with Crippen molar-refractivity contribution in [3.8, 4) is 5.75 Å². The highest BCUT2D eigenvalue weighted by molar-refractivity contribution is 14.0. The molecule has 0 saturated carbocycles. The van der Waals surface area contributed by atoms with Crippen LogP contribution < -0.4 is 15.4 Å². The summed E-state index contributed by atoms with van der Waals surface area (Å²) in [5.41, 5.74) is 0. The molecule has 1 fully saturated rings. The molecule has 0 bridgehead atoms. The van der Waals surface area contributed by atoms with Crippen molar-refractivity contribution in [2.75, 3.05) is 33.4 Å². The largest absolute Gasteiger partial charge is 0.494 e. The molecule has 1 aliphatic rings. The zero-order valence-electron chi connectivity index (χ0n) is 15.2. The number of fused-ring (bicyclic) bond motifs is 1. The van der Waals surface area contributed by atoms with E-state index in [1.54, 1.807) is 7.05 Å². The molecule has 1 heterocycles. The number of nitrogens with one attached hydrogen (secondary N) is 2. The minimum absolute atomic E-state index is 0. The van der Waals surface area contributed by atoms with Crippen molar-refractivity contribution in [2.45, 2.75) is 25.4 Å². The maximum Gasteiger partial charge on any atom is 0.191 e. The number of hydrogen-bond donors (Lipinski definition) is 2. The molecule has 0 radical (unpaired) electrons. The van der Waals surface area contributed by atoms with E-state index in [1.807, 2.05) is 18.2 Å². The highest BCUT2D eigenvalue weighted by Gasteiger charge is 2.15. The lowest BCUT2D eigenvalue weighted by Crippen LogP contribution is -2.41. The normalized spacial score (nSPS) is 17.0. The van der Waals surface area contributed by atoms with Crippen LogP contribution in [0.1, 0.15) is 19.3 Å². The van der Waals surface area contributed by atoms with Crippen molar-refractivity contribution in [2.24, 2.45) is 4.99 Å². The second-order valence-corrected chi connectivity index (χ2v) is 6.23. The average Bonchev–Trinajstić information content (AvgIpc) is 3.17. The van der Waals surface area contributed by atoms with Crippen LogP contribution in [0, 0.1) is 0 Å². The van der Waals surface area contributed by atoms with Gasteiger partial charge in [-0.15, -0.1) is 24.0 Å². The van der Waals surface area contributed by atoms with Gasteiger partial charge in [-0.3, -0.25) is 4.99 Å². The number of aliphatic imine (C=N–C) groups is 1. The minimum Gasteiger partial charge on any atom is -0.494 e. The van der Waals surface area contributed by atoms with Crippen LogP contribution in [0.3, 0.4) is 0 Å². The van der Waals surface area contributed by atoms with Gasteiger partial charge in [0.15, 0.2) is 5.96 Å². The lowest BCUT2D eigenvalue weighted by atomic mass is 10.1. The van der Waals surface area contributed by atoms with E-state index in [2.05, 4.69) is 39.9 Å². The second kappa shape index (κ2) is 11.2. The number of rotatable bonds is 7. The highest BCUT2D eigenvalue weighted by atomic mass is 127. The lowest BCUT2D eigenvalue weighted by molar-refractivity contribution is 0.114. The number of guanidine groups is 1. The third kappa shape index (κ3) is 6.32. The fourth-order valence-corrected chi connectivity index (χ4v) is 2.96.